The molecule has 0 aliphatic rings. The van der Waals surface area contributed by atoms with Crippen molar-refractivity contribution in [1.29, 1.82) is 0 Å². The van der Waals surface area contributed by atoms with Crippen LogP contribution < -0.4 is 0 Å². The normalized spacial score (nSPS) is 10.5. The van der Waals surface area contributed by atoms with Crippen molar-refractivity contribution in [1.82, 2.24) is 0 Å². The van der Waals surface area contributed by atoms with Crippen molar-refractivity contribution in [2.75, 3.05) is 0 Å². The van der Waals surface area contributed by atoms with E-state index in [1.807, 2.05) is 6.92 Å². The minimum atomic E-state index is -4.02. The zero-order valence-corrected chi connectivity index (χ0v) is 8.04. The fraction of sp³-hybridized carbons (Fsp3) is 0.143. The summed E-state index contributed by atoms with van der Waals surface area (Å²) in [6.45, 7) is 1.84. The molecule has 0 saturated heterocycles. The molecule has 1 N–H and O–H groups in total. The molecule has 0 aliphatic heterocycles. The van der Waals surface area contributed by atoms with Crippen molar-refractivity contribution in [3.05, 3.63) is 29.8 Å². The quantitative estimate of drug-likeness (QED) is 0.589. The largest absolute Gasteiger partial charge is 1.00 e. The van der Waals surface area contributed by atoms with Crippen LogP contribution >= 0.6 is 0 Å². The fourth-order valence-corrected chi connectivity index (χ4v) is 1.19. The molecule has 12 heavy (non-hydrogen) atoms. The number of hydrogen-bond donors (Lipinski definition) is 1. The summed E-state index contributed by atoms with van der Waals surface area (Å²) in [5, 5.41) is 0. The second kappa shape index (κ2) is 4.05. The Hall–Kier alpha value is -0.351. The molecule has 0 saturated carbocycles. The molecule has 0 bridgehead atoms. The van der Waals surface area contributed by atoms with Gasteiger partial charge < -0.3 is 0 Å². The summed E-state index contributed by atoms with van der Waals surface area (Å²) in [6, 6.07) is 5.99. The SMILES string of the molecule is Cc1ccc(S(=O)(=O)O)cc1.[Cu+]. The smallest absolute Gasteiger partial charge is 0.282 e. The molecule has 1 aromatic carbocycles. The molecule has 3 nitrogen and oxygen atoms in total. The standard InChI is InChI=1S/C7H8O3S.Cu/c1-6-2-4-7(5-3-6)11(8,9)10;/h2-5H,1H3,(H,8,9,10);/q;+1. The predicted octanol–water partition coefficient (Wildman–Crippen LogP) is 1.24. The molecule has 1 aromatic rings. The minimum Gasteiger partial charge on any atom is -0.282 e. The van der Waals surface area contributed by atoms with Crippen LogP contribution in [-0.2, 0) is 27.2 Å². The molecular formula is C7H8CuO3S+. The Morgan fingerprint density at radius 1 is 1.17 bits per heavy atom. The molecule has 0 heterocycles. The minimum absolute atomic E-state index is 0. The second-order valence-corrected chi connectivity index (χ2v) is 3.71. The van der Waals surface area contributed by atoms with Gasteiger partial charge in [-0.15, -0.1) is 0 Å². The topological polar surface area (TPSA) is 54.4 Å². The van der Waals surface area contributed by atoms with E-state index >= 15 is 0 Å². The monoisotopic (exact) mass is 235 g/mol. The first-order valence-electron chi connectivity index (χ1n) is 3.04. The Kier molecular flexibility index (Phi) is 3.93. The molecule has 0 aromatic heterocycles. The Bertz CT molecular complexity index is 341. The van der Waals surface area contributed by atoms with Gasteiger partial charge in [-0.25, -0.2) is 0 Å². The Morgan fingerprint density at radius 3 is 1.92 bits per heavy atom. The Labute approximate surface area is 82.0 Å². The third kappa shape index (κ3) is 2.95. The molecule has 70 valence electrons. The van der Waals surface area contributed by atoms with E-state index in [1.54, 1.807) is 12.1 Å². The van der Waals surface area contributed by atoms with E-state index < -0.39 is 10.1 Å². The van der Waals surface area contributed by atoms with Gasteiger partial charge in [-0.05, 0) is 19.1 Å². The van der Waals surface area contributed by atoms with Crippen molar-refractivity contribution in [3.8, 4) is 0 Å². The van der Waals surface area contributed by atoms with Gasteiger partial charge in [0.1, 0.15) is 0 Å². The average molecular weight is 236 g/mol. The van der Waals surface area contributed by atoms with E-state index in [2.05, 4.69) is 0 Å². The van der Waals surface area contributed by atoms with Crippen LogP contribution in [0.25, 0.3) is 0 Å². The van der Waals surface area contributed by atoms with Gasteiger partial charge in [-0.3, -0.25) is 4.55 Å². The van der Waals surface area contributed by atoms with Crippen molar-refractivity contribution in [2.24, 2.45) is 0 Å². The Morgan fingerprint density at radius 2 is 1.58 bits per heavy atom. The summed E-state index contributed by atoms with van der Waals surface area (Å²) < 4.78 is 29.6. The third-order valence-electron chi connectivity index (χ3n) is 1.32. The van der Waals surface area contributed by atoms with Crippen LogP contribution in [0, 0.1) is 6.92 Å². The van der Waals surface area contributed by atoms with Crippen LogP contribution in [0.4, 0.5) is 0 Å². The van der Waals surface area contributed by atoms with Crippen LogP contribution in [0.3, 0.4) is 0 Å². The first kappa shape index (κ1) is 11.6. The zero-order valence-electron chi connectivity index (χ0n) is 6.28. The Balaban J connectivity index is 0.00000121. The number of rotatable bonds is 1. The van der Waals surface area contributed by atoms with Gasteiger partial charge in [-0.1, -0.05) is 17.7 Å². The molecule has 1 rings (SSSR count). The second-order valence-electron chi connectivity index (χ2n) is 2.29. The van der Waals surface area contributed by atoms with Gasteiger partial charge in [0, 0.05) is 0 Å². The van der Waals surface area contributed by atoms with Crippen molar-refractivity contribution in [3.63, 3.8) is 0 Å². The van der Waals surface area contributed by atoms with Crippen molar-refractivity contribution >= 4 is 10.1 Å². The van der Waals surface area contributed by atoms with Crippen LogP contribution in [0.2, 0.25) is 0 Å². The van der Waals surface area contributed by atoms with Crippen LogP contribution in [0.5, 0.6) is 0 Å². The van der Waals surface area contributed by atoms with Crippen LogP contribution in [-0.4, -0.2) is 13.0 Å². The van der Waals surface area contributed by atoms with E-state index in [1.165, 1.54) is 12.1 Å². The molecule has 0 fully saturated rings. The first-order valence-corrected chi connectivity index (χ1v) is 4.48. The molecule has 0 amide bonds. The number of aryl methyl sites for hydroxylation is 1. The summed E-state index contributed by atoms with van der Waals surface area (Å²) in [7, 11) is -4.02. The third-order valence-corrected chi connectivity index (χ3v) is 2.19. The molecule has 0 aliphatic carbocycles. The molecular weight excluding hydrogens is 228 g/mol. The predicted molar refractivity (Wildman–Crippen MR) is 41.0 cm³/mol. The molecule has 0 atom stereocenters. The summed E-state index contributed by atoms with van der Waals surface area (Å²) in [5.74, 6) is 0. The molecule has 0 unspecified atom stereocenters. The maximum absolute atomic E-state index is 10.5. The molecule has 0 radical (unpaired) electrons. The fourth-order valence-electron chi connectivity index (χ4n) is 0.710. The van der Waals surface area contributed by atoms with E-state index in [-0.39, 0.29) is 22.0 Å². The number of hydrogen-bond acceptors (Lipinski definition) is 2. The zero-order chi connectivity index (χ0) is 8.48. The maximum Gasteiger partial charge on any atom is 1.00 e. The van der Waals surface area contributed by atoms with Gasteiger partial charge in [0.2, 0.25) is 0 Å². The van der Waals surface area contributed by atoms with E-state index in [4.69, 9.17) is 4.55 Å². The van der Waals surface area contributed by atoms with Crippen molar-refractivity contribution in [2.45, 2.75) is 11.8 Å². The summed E-state index contributed by atoms with van der Waals surface area (Å²) in [4.78, 5) is -0.0666. The maximum atomic E-state index is 10.5. The first-order chi connectivity index (χ1) is 5.00. The summed E-state index contributed by atoms with van der Waals surface area (Å²) >= 11 is 0. The van der Waals surface area contributed by atoms with E-state index in [9.17, 15) is 8.42 Å². The van der Waals surface area contributed by atoms with Gasteiger partial charge >= 0.3 is 17.1 Å². The number of benzene rings is 1. The van der Waals surface area contributed by atoms with Crippen LogP contribution in [0.1, 0.15) is 5.56 Å². The van der Waals surface area contributed by atoms with E-state index in [0.29, 0.717) is 0 Å². The summed E-state index contributed by atoms with van der Waals surface area (Å²) in [5.41, 5.74) is 0.956. The summed E-state index contributed by atoms with van der Waals surface area (Å²) in [6.07, 6.45) is 0. The van der Waals surface area contributed by atoms with Crippen molar-refractivity contribution < 1.29 is 30.0 Å². The van der Waals surface area contributed by atoms with Gasteiger partial charge in [0.15, 0.2) is 0 Å². The molecule has 0 spiro atoms. The van der Waals surface area contributed by atoms with Gasteiger partial charge in [-0.2, -0.15) is 8.42 Å². The molecule has 5 heteroatoms. The van der Waals surface area contributed by atoms with E-state index in [0.717, 1.165) is 5.56 Å². The van der Waals surface area contributed by atoms with Gasteiger partial charge in [0.25, 0.3) is 10.1 Å². The van der Waals surface area contributed by atoms with Crippen LogP contribution in [0.15, 0.2) is 29.2 Å². The van der Waals surface area contributed by atoms with Gasteiger partial charge in [0.05, 0.1) is 4.90 Å². The average Bonchev–Trinajstić information content (AvgIpc) is 1.86.